The highest BCUT2D eigenvalue weighted by Crippen LogP contribution is 2.30. The summed E-state index contributed by atoms with van der Waals surface area (Å²) in [6.45, 7) is 0. The SMILES string of the molecule is O=C(Nc1ccc(Sc2ccc([N+](=O)[O-])cc2)cc1)/C(=C/c1cccs1)NC(=O)c1ccccc1. The van der Waals surface area contributed by atoms with Crippen LogP contribution in [-0.4, -0.2) is 16.7 Å². The number of non-ortho nitro benzene ring substituents is 1. The highest BCUT2D eigenvalue weighted by molar-refractivity contribution is 7.99. The molecule has 0 atom stereocenters. The lowest BCUT2D eigenvalue weighted by Gasteiger charge is -2.11. The molecular formula is C26H19N3O4S2. The summed E-state index contributed by atoms with van der Waals surface area (Å²) < 4.78 is 0. The summed E-state index contributed by atoms with van der Waals surface area (Å²) >= 11 is 2.90. The molecule has 1 aromatic heterocycles. The molecule has 0 saturated carbocycles. The van der Waals surface area contributed by atoms with Gasteiger partial charge in [0.2, 0.25) is 0 Å². The number of nitrogens with zero attached hydrogens (tertiary/aromatic N) is 1. The van der Waals surface area contributed by atoms with Crippen molar-refractivity contribution in [2.75, 3.05) is 5.32 Å². The quantitative estimate of drug-likeness (QED) is 0.170. The Morgan fingerprint density at radius 2 is 1.51 bits per heavy atom. The van der Waals surface area contributed by atoms with E-state index < -0.39 is 10.8 Å². The van der Waals surface area contributed by atoms with Gasteiger partial charge in [0.25, 0.3) is 17.5 Å². The molecular weight excluding hydrogens is 482 g/mol. The smallest absolute Gasteiger partial charge is 0.272 e. The molecule has 0 fully saturated rings. The van der Waals surface area contributed by atoms with Crippen LogP contribution in [0.2, 0.25) is 0 Å². The molecule has 9 heteroatoms. The molecule has 0 unspecified atom stereocenters. The maximum Gasteiger partial charge on any atom is 0.272 e. The van der Waals surface area contributed by atoms with Crippen molar-refractivity contribution in [3.05, 3.63) is 123 Å². The monoisotopic (exact) mass is 501 g/mol. The Balaban J connectivity index is 1.45. The molecule has 0 radical (unpaired) electrons. The molecule has 1 heterocycles. The van der Waals surface area contributed by atoms with Crippen molar-refractivity contribution in [1.29, 1.82) is 0 Å². The van der Waals surface area contributed by atoms with Crippen LogP contribution in [0.15, 0.2) is 112 Å². The summed E-state index contributed by atoms with van der Waals surface area (Å²) in [5.41, 5.74) is 1.18. The Kier molecular flexibility index (Phi) is 7.71. The van der Waals surface area contributed by atoms with Gasteiger partial charge in [0.1, 0.15) is 5.70 Å². The van der Waals surface area contributed by atoms with Gasteiger partial charge in [0, 0.05) is 38.1 Å². The van der Waals surface area contributed by atoms with Crippen molar-refractivity contribution < 1.29 is 14.5 Å². The molecule has 2 amide bonds. The van der Waals surface area contributed by atoms with Crippen molar-refractivity contribution in [2.45, 2.75) is 9.79 Å². The van der Waals surface area contributed by atoms with Gasteiger partial charge in [-0.15, -0.1) is 11.3 Å². The summed E-state index contributed by atoms with van der Waals surface area (Å²) in [6, 6.07) is 25.9. The number of rotatable bonds is 8. The molecule has 35 heavy (non-hydrogen) atoms. The lowest BCUT2D eigenvalue weighted by molar-refractivity contribution is -0.384. The van der Waals surface area contributed by atoms with Gasteiger partial charge in [-0.05, 0) is 66.1 Å². The number of anilines is 1. The molecule has 0 saturated heterocycles. The average Bonchev–Trinajstić information content (AvgIpc) is 3.39. The Hall–Kier alpha value is -4.21. The predicted octanol–water partition coefficient (Wildman–Crippen LogP) is 6.22. The lowest BCUT2D eigenvalue weighted by Crippen LogP contribution is -2.30. The standard InChI is InChI=1S/C26H19N3O4S2/c30-25(18-5-2-1-3-6-18)28-24(17-23-7-4-16-34-23)26(31)27-19-8-12-21(13-9-19)35-22-14-10-20(11-15-22)29(32)33/h1-17H,(H,27,31)(H,28,30)/b24-17-. The first kappa shape index (κ1) is 23.9. The van der Waals surface area contributed by atoms with E-state index >= 15 is 0 Å². The molecule has 174 valence electrons. The van der Waals surface area contributed by atoms with Crippen LogP contribution in [0.25, 0.3) is 6.08 Å². The minimum absolute atomic E-state index is 0.0400. The van der Waals surface area contributed by atoms with Crippen molar-refractivity contribution >= 4 is 52.4 Å². The zero-order valence-corrected chi connectivity index (χ0v) is 19.8. The first-order valence-corrected chi connectivity index (χ1v) is 12.1. The molecule has 4 aromatic rings. The van der Waals surface area contributed by atoms with E-state index in [2.05, 4.69) is 10.6 Å². The van der Waals surface area contributed by atoms with Gasteiger partial charge in [0.05, 0.1) is 4.92 Å². The number of thiophene rings is 1. The lowest BCUT2D eigenvalue weighted by atomic mass is 10.2. The van der Waals surface area contributed by atoms with E-state index in [4.69, 9.17) is 0 Å². The van der Waals surface area contributed by atoms with E-state index in [0.717, 1.165) is 14.7 Å². The second kappa shape index (κ2) is 11.3. The fraction of sp³-hybridized carbons (Fsp3) is 0. The maximum atomic E-state index is 13.0. The Labute approximate surface area is 209 Å². The van der Waals surface area contributed by atoms with Gasteiger partial charge in [-0.3, -0.25) is 19.7 Å². The highest BCUT2D eigenvalue weighted by Gasteiger charge is 2.15. The van der Waals surface area contributed by atoms with E-state index in [-0.39, 0.29) is 17.3 Å². The fourth-order valence-corrected chi connectivity index (χ4v) is 4.51. The first-order chi connectivity index (χ1) is 17.0. The number of nitrogens with one attached hydrogen (secondary N) is 2. The van der Waals surface area contributed by atoms with E-state index in [1.54, 1.807) is 54.6 Å². The Bertz CT molecular complexity index is 1350. The van der Waals surface area contributed by atoms with Crippen LogP contribution >= 0.6 is 23.1 Å². The van der Waals surface area contributed by atoms with Crippen LogP contribution in [0.3, 0.4) is 0 Å². The molecule has 0 aliphatic heterocycles. The van der Waals surface area contributed by atoms with Crippen LogP contribution in [0.1, 0.15) is 15.2 Å². The number of benzene rings is 3. The van der Waals surface area contributed by atoms with E-state index in [0.29, 0.717) is 11.3 Å². The molecule has 0 aliphatic carbocycles. The summed E-state index contributed by atoms with van der Waals surface area (Å²) in [7, 11) is 0. The minimum Gasteiger partial charge on any atom is -0.321 e. The summed E-state index contributed by atoms with van der Waals surface area (Å²) in [6.07, 6.45) is 1.64. The molecule has 7 nitrogen and oxygen atoms in total. The van der Waals surface area contributed by atoms with Crippen LogP contribution in [0.4, 0.5) is 11.4 Å². The Morgan fingerprint density at radius 1 is 0.857 bits per heavy atom. The number of nitro groups is 1. The van der Waals surface area contributed by atoms with E-state index in [1.807, 2.05) is 35.7 Å². The zero-order valence-electron chi connectivity index (χ0n) is 18.2. The third-order valence-electron chi connectivity index (χ3n) is 4.75. The van der Waals surface area contributed by atoms with Gasteiger partial charge < -0.3 is 10.6 Å². The Morgan fingerprint density at radius 3 is 2.11 bits per heavy atom. The average molecular weight is 502 g/mol. The topological polar surface area (TPSA) is 101 Å². The number of hydrogen-bond donors (Lipinski definition) is 2. The maximum absolute atomic E-state index is 13.0. The number of hydrogen-bond acceptors (Lipinski definition) is 6. The number of nitro benzene ring substituents is 1. The van der Waals surface area contributed by atoms with Crippen molar-refractivity contribution in [3.63, 3.8) is 0 Å². The van der Waals surface area contributed by atoms with Gasteiger partial charge in [-0.25, -0.2) is 0 Å². The highest BCUT2D eigenvalue weighted by atomic mass is 32.2. The zero-order chi connectivity index (χ0) is 24.6. The van der Waals surface area contributed by atoms with E-state index in [1.165, 1.54) is 35.2 Å². The molecule has 0 aliphatic rings. The third kappa shape index (κ3) is 6.66. The van der Waals surface area contributed by atoms with Gasteiger partial charge in [-0.1, -0.05) is 36.0 Å². The normalized spacial score (nSPS) is 11.0. The van der Waals surface area contributed by atoms with Crippen molar-refractivity contribution in [1.82, 2.24) is 5.32 Å². The predicted molar refractivity (Wildman–Crippen MR) is 138 cm³/mol. The molecule has 3 aromatic carbocycles. The fourth-order valence-electron chi connectivity index (χ4n) is 3.03. The number of carbonyl (C=O) groups excluding carboxylic acids is 2. The summed E-state index contributed by atoms with van der Waals surface area (Å²) in [5.74, 6) is -0.822. The largest absolute Gasteiger partial charge is 0.321 e. The van der Waals surface area contributed by atoms with Gasteiger partial charge >= 0.3 is 0 Å². The van der Waals surface area contributed by atoms with Crippen LogP contribution in [0.5, 0.6) is 0 Å². The van der Waals surface area contributed by atoms with Gasteiger partial charge in [-0.2, -0.15) is 0 Å². The third-order valence-corrected chi connectivity index (χ3v) is 6.59. The second-order valence-corrected chi connectivity index (χ2v) is 9.35. The van der Waals surface area contributed by atoms with Crippen molar-refractivity contribution in [3.8, 4) is 0 Å². The first-order valence-electron chi connectivity index (χ1n) is 10.4. The molecule has 0 bridgehead atoms. The second-order valence-electron chi connectivity index (χ2n) is 7.23. The molecule has 0 spiro atoms. The number of carbonyl (C=O) groups is 2. The van der Waals surface area contributed by atoms with Crippen LogP contribution in [0, 0.1) is 10.1 Å². The van der Waals surface area contributed by atoms with Crippen LogP contribution in [-0.2, 0) is 4.79 Å². The number of amides is 2. The molecule has 4 rings (SSSR count). The summed E-state index contributed by atoms with van der Waals surface area (Å²) in [5, 5.41) is 18.2. The van der Waals surface area contributed by atoms with Gasteiger partial charge in [0.15, 0.2) is 0 Å². The molecule has 2 N–H and O–H groups in total. The van der Waals surface area contributed by atoms with Crippen LogP contribution < -0.4 is 10.6 Å². The van der Waals surface area contributed by atoms with Crippen molar-refractivity contribution in [2.24, 2.45) is 0 Å². The minimum atomic E-state index is -0.446. The summed E-state index contributed by atoms with van der Waals surface area (Å²) in [4.78, 5) is 38.6. The van der Waals surface area contributed by atoms with E-state index in [9.17, 15) is 19.7 Å².